The number of fused-ring (bicyclic) bond motifs is 1. The molecule has 1 aliphatic heterocycles. The summed E-state index contributed by atoms with van der Waals surface area (Å²) in [5, 5.41) is 14.8. The van der Waals surface area contributed by atoms with E-state index in [1.54, 1.807) is 30.3 Å². The van der Waals surface area contributed by atoms with Crippen LogP contribution in [0.15, 0.2) is 41.6 Å². The van der Waals surface area contributed by atoms with Gasteiger partial charge in [0, 0.05) is 16.6 Å². The summed E-state index contributed by atoms with van der Waals surface area (Å²) >= 11 is 0. The van der Waals surface area contributed by atoms with Crippen LogP contribution >= 0.6 is 0 Å². The average molecular weight is 393 g/mol. The number of carbonyl (C=O) groups is 2. The lowest BCUT2D eigenvalue weighted by molar-refractivity contribution is 0.0358. The number of hydrazine groups is 1. The maximum atomic E-state index is 13.2. The largest absolute Gasteiger partial charge is 0.583 e. The third-order valence-electron chi connectivity index (χ3n) is 4.52. The first-order valence-electron chi connectivity index (χ1n) is 9.31. The number of nitrogens with zero attached hydrogens (tertiary/aromatic N) is 2. The molecule has 29 heavy (non-hydrogen) atoms. The van der Waals surface area contributed by atoms with Gasteiger partial charge in [-0.05, 0) is 64.4 Å². The molecule has 2 aromatic carbocycles. The van der Waals surface area contributed by atoms with Crippen LogP contribution < -0.4 is 10.9 Å². The molecule has 0 radical (unpaired) electrons. The van der Waals surface area contributed by atoms with E-state index in [9.17, 15) is 14.6 Å². The van der Waals surface area contributed by atoms with Crippen LogP contribution in [0.25, 0.3) is 0 Å². The molecule has 7 nitrogen and oxygen atoms in total. The molecule has 0 saturated carbocycles. The maximum Gasteiger partial charge on any atom is 0.583 e. The summed E-state index contributed by atoms with van der Waals surface area (Å²) in [6.07, 6.45) is 1.43. The van der Waals surface area contributed by atoms with Gasteiger partial charge in [-0.15, -0.1) is 5.16 Å². The fourth-order valence-electron chi connectivity index (χ4n) is 3.17. The van der Waals surface area contributed by atoms with Crippen LogP contribution in [0.3, 0.4) is 0 Å². The second kappa shape index (κ2) is 7.71. The Bertz CT molecular complexity index is 978. The number of rotatable bonds is 2. The zero-order valence-corrected chi connectivity index (χ0v) is 17.2. The summed E-state index contributed by atoms with van der Waals surface area (Å²) in [5.74, 6) is -0.726. The lowest BCUT2D eigenvalue weighted by Gasteiger charge is -2.35. The number of benzene rings is 2. The van der Waals surface area contributed by atoms with Crippen molar-refractivity contribution in [3.63, 3.8) is 0 Å². The predicted octanol–water partition coefficient (Wildman–Crippen LogP) is 1.94. The molecule has 0 fully saturated rings. The van der Waals surface area contributed by atoms with Gasteiger partial charge in [0.25, 0.3) is 11.8 Å². The summed E-state index contributed by atoms with van der Waals surface area (Å²) in [4.78, 5) is 26.1. The van der Waals surface area contributed by atoms with Crippen LogP contribution in [0, 0.1) is 13.8 Å². The Kier molecular flexibility index (Phi) is 5.48. The third kappa shape index (κ3) is 4.48. The Morgan fingerprint density at radius 2 is 1.72 bits per heavy atom. The van der Waals surface area contributed by atoms with E-state index in [0.717, 1.165) is 11.1 Å². The van der Waals surface area contributed by atoms with Crippen LogP contribution in [0.4, 0.5) is 0 Å². The average Bonchev–Trinajstić information content (AvgIpc) is 2.63. The molecule has 1 heterocycles. The van der Waals surface area contributed by atoms with Gasteiger partial charge in [-0.1, -0.05) is 23.3 Å². The van der Waals surface area contributed by atoms with E-state index in [0.29, 0.717) is 22.2 Å². The molecule has 0 atom stereocenters. The monoisotopic (exact) mass is 393 g/mol. The summed E-state index contributed by atoms with van der Waals surface area (Å²) in [6.45, 7) is 9.40. The lowest BCUT2D eigenvalue weighted by Crippen LogP contribution is -2.56. The van der Waals surface area contributed by atoms with Crippen LogP contribution in [0.2, 0.25) is 0 Å². The van der Waals surface area contributed by atoms with E-state index in [1.165, 1.54) is 11.2 Å². The number of nitrogens with one attached hydrogen (secondary N) is 1. The van der Waals surface area contributed by atoms with Crippen molar-refractivity contribution in [2.24, 2.45) is 5.16 Å². The van der Waals surface area contributed by atoms with Crippen LogP contribution in [-0.2, 0) is 4.76 Å². The smallest absolute Gasteiger partial charge is 0.427 e. The standard InChI is InChI=1S/C21H24BN3O4/c1-13-8-14(2)10-16(9-13)20(27)25(21(3,4)5)24-19(26)15-6-7-18-17(11-15)12-23-29-22(18)28/h6-12,28H,1-5H3,(H,24,26). The fraction of sp³-hybridized carbons (Fsp3) is 0.286. The van der Waals surface area contributed by atoms with Gasteiger partial charge in [-0.3, -0.25) is 15.0 Å². The SMILES string of the molecule is Cc1cc(C)cc(C(=O)N(NC(=O)c2ccc3c(c2)C=NOB3O)C(C)(C)C)c1. The highest BCUT2D eigenvalue weighted by Crippen LogP contribution is 2.18. The third-order valence-corrected chi connectivity index (χ3v) is 4.52. The molecule has 1 aliphatic rings. The highest BCUT2D eigenvalue weighted by atomic mass is 16.6. The number of carbonyl (C=O) groups excluding carboxylic acids is 2. The van der Waals surface area contributed by atoms with Gasteiger partial charge >= 0.3 is 7.12 Å². The first kappa shape index (κ1) is 20.6. The van der Waals surface area contributed by atoms with E-state index >= 15 is 0 Å². The Morgan fingerprint density at radius 1 is 1.07 bits per heavy atom. The van der Waals surface area contributed by atoms with Crippen molar-refractivity contribution in [3.05, 3.63) is 64.2 Å². The van der Waals surface area contributed by atoms with Crippen molar-refractivity contribution < 1.29 is 19.4 Å². The molecule has 3 rings (SSSR count). The molecule has 150 valence electrons. The molecule has 0 aromatic heterocycles. The molecule has 0 aliphatic carbocycles. The summed E-state index contributed by atoms with van der Waals surface area (Å²) < 4.78 is 4.79. The Labute approximate surface area is 170 Å². The van der Waals surface area contributed by atoms with Crippen molar-refractivity contribution in [3.8, 4) is 0 Å². The highest BCUT2D eigenvalue weighted by molar-refractivity contribution is 6.62. The molecule has 2 amide bonds. The van der Waals surface area contributed by atoms with E-state index in [2.05, 4.69) is 10.6 Å². The number of hydrogen-bond acceptors (Lipinski definition) is 5. The molecule has 0 saturated heterocycles. The highest BCUT2D eigenvalue weighted by Gasteiger charge is 2.31. The minimum atomic E-state index is -1.16. The van der Waals surface area contributed by atoms with Gasteiger partial charge < -0.3 is 9.78 Å². The molecular weight excluding hydrogens is 369 g/mol. The second-order valence-corrected chi connectivity index (χ2v) is 8.16. The van der Waals surface area contributed by atoms with Gasteiger partial charge in [-0.2, -0.15) is 0 Å². The number of aryl methyl sites for hydroxylation is 2. The number of amides is 2. The Balaban J connectivity index is 1.89. The molecule has 0 unspecified atom stereocenters. The van der Waals surface area contributed by atoms with Crippen LogP contribution in [-0.4, -0.2) is 40.7 Å². The molecule has 0 bridgehead atoms. The van der Waals surface area contributed by atoms with Crippen molar-refractivity contribution in [2.45, 2.75) is 40.2 Å². The van der Waals surface area contributed by atoms with Crippen molar-refractivity contribution in [2.75, 3.05) is 0 Å². The van der Waals surface area contributed by atoms with Crippen molar-refractivity contribution >= 4 is 30.6 Å². The van der Waals surface area contributed by atoms with Gasteiger partial charge in [0.2, 0.25) is 0 Å². The number of hydrogen-bond donors (Lipinski definition) is 2. The van der Waals surface area contributed by atoms with Gasteiger partial charge in [0.1, 0.15) is 0 Å². The Hall–Kier alpha value is -3.13. The van der Waals surface area contributed by atoms with Crippen LogP contribution in [0.5, 0.6) is 0 Å². The lowest BCUT2D eigenvalue weighted by atomic mass is 9.76. The minimum Gasteiger partial charge on any atom is -0.427 e. The van der Waals surface area contributed by atoms with Crippen molar-refractivity contribution in [1.82, 2.24) is 10.4 Å². The normalized spacial score (nSPS) is 12.8. The summed E-state index contributed by atoms with van der Waals surface area (Å²) in [7, 11) is -1.16. The van der Waals surface area contributed by atoms with E-state index in [4.69, 9.17) is 4.76 Å². The summed E-state index contributed by atoms with van der Waals surface area (Å²) in [5.41, 5.74) is 5.99. The van der Waals surface area contributed by atoms with Crippen molar-refractivity contribution in [1.29, 1.82) is 0 Å². The van der Waals surface area contributed by atoms with Crippen LogP contribution in [0.1, 0.15) is 58.2 Å². The molecular formula is C21H24BN3O4. The predicted molar refractivity (Wildman–Crippen MR) is 112 cm³/mol. The van der Waals surface area contributed by atoms with Gasteiger partial charge in [0.05, 0.1) is 11.8 Å². The molecule has 2 N–H and O–H groups in total. The fourth-order valence-corrected chi connectivity index (χ4v) is 3.17. The van der Waals surface area contributed by atoms with Gasteiger partial charge in [-0.25, -0.2) is 5.01 Å². The number of oxime groups is 1. The topological polar surface area (TPSA) is 91.2 Å². The molecule has 2 aromatic rings. The molecule has 8 heteroatoms. The Morgan fingerprint density at radius 3 is 2.34 bits per heavy atom. The minimum absolute atomic E-state index is 0.291. The zero-order valence-electron chi connectivity index (χ0n) is 17.2. The van der Waals surface area contributed by atoms with E-state index in [-0.39, 0.29) is 5.91 Å². The zero-order chi connectivity index (χ0) is 21.3. The van der Waals surface area contributed by atoms with E-state index in [1.807, 2.05) is 40.7 Å². The quantitative estimate of drug-likeness (QED) is 0.603. The molecule has 0 spiro atoms. The van der Waals surface area contributed by atoms with Gasteiger partial charge in [0.15, 0.2) is 0 Å². The maximum absolute atomic E-state index is 13.2. The first-order chi connectivity index (χ1) is 13.6. The second-order valence-electron chi connectivity index (χ2n) is 8.16. The first-order valence-corrected chi connectivity index (χ1v) is 9.31. The van der Waals surface area contributed by atoms with E-state index < -0.39 is 18.6 Å². The summed E-state index contributed by atoms with van der Waals surface area (Å²) in [6, 6.07) is 10.4.